The number of ether oxygens (including phenoxy) is 1. The van der Waals surface area contributed by atoms with Crippen LogP contribution in [0.3, 0.4) is 0 Å². The number of hydrogen-bond donors (Lipinski definition) is 1. The number of carbonyl (C=O) groups excluding carboxylic acids is 1. The summed E-state index contributed by atoms with van der Waals surface area (Å²) in [6.45, 7) is 5.36. The number of aryl methyl sites for hydroxylation is 1. The van der Waals surface area contributed by atoms with Gasteiger partial charge in [0.15, 0.2) is 0 Å². The maximum Gasteiger partial charge on any atom is 0.219 e. The topological polar surface area (TPSA) is 62.7 Å². The number of rotatable bonds is 5. The first-order valence-corrected chi connectivity index (χ1v) is 10.4. The van der Waals surface area contributed by atoms with Gasteiger partial charge >= 0.3 is 0 Å². The van der Waals surface area contributed by atoms with E-state index in [1.165, 1.54) is 0 Å². The summed E-state index contributed by atoms with van der Waals surface area (Å²) in [5.41, 5.74) is -0.00893. The second-order valence-corrected chi connectivity index (χ2v) is 8.49. The molecule has 27 heavy (non-hydrogen) atoms. The van der Waals surface area contributed by atoms with Crippen LogP contribution < -0.4 is 4.74 Å². The molecule has 146 valence electrons. The molecule has 5 nitrogen and oxygen atoms in total. The van der Waals surface area contributed by atoms with Crippen LogP contribution in [0.5, 0.6) is 5.75 Å². The molecule has 3 rings (SSSR count). The number of benzene rings is 1. The second-order valence-electron chi connectivity index (χ2n) is 6.97. The molecule has 1 aromatic carbocycles. The van der Waals surface area contributed by atoms with Crippen molar-refractivity contribution in [1.82, 2.24) is 9.88 Å². The van der Waals surface area contributed by atoms with Crippen molar-refractivity contribution in [3.63, 3.8) is 0 Å². The van der Waals surface area contributed by atoms with Crippen molar-refractivity contribution >= 4 is 28.8 Å². The predicted molar refractivity (Wildman–Crippen MR) is 108 cm³/mol. The number of carbonyl (C=O) groups is 1. The lowest BCUT2D eigenvalue weighted by Gasteiger charge is -2.24. The van der Waals surface area contributed by atoms with E-state index in [1.54, 1.807) is 35.3 Å². The van der Waals surface area contributed by atoms with Crippen molar-refractivity contribution in [3.8, 4) is 5.75 Å². The third kappa shape index (κ3) is 5.00. The number of hydrogen-bond acceptors (Lipinski definition) is 5. The van der Waals surface area contributed by atoms with Crippen LogP contribution in [-0.4, -0.2) is 40.6 Å². The average molecular weight is 409 g/mol. The van der Waals surface area contributed by atoms with Gasteiger partial charge in [-0.15, -0.1) is 11.3 Å². The Labute approximate surface area is 168 Å². The Balaban J connectivity index is 1.63. The zero-order chi connectivity index (χ0) is 19.4. The van der Waals surface area contributed by atoms with Crippen LogP contribution in [0.15, 0.2) is 24.3 Å². The van der Waals surface area contributed by atoms with Crippen LogP contribution in [0, 0.1) is 6.92 Å². The monoisotopic (exact) mass is 408 g/mol. The zero-order valence-corrected chi connectivity index (χ0v) is 17.3. The molecule has 2 aromatic rings. The van der Waals surface area contributed by atoms with E-state index in [0.29, 0.717) is 37.6 Å². The molecular weight excluding hydrogens is 384 g/mol. The van der Waals surface area contributed by atoms with Crippen molar-refractivity contribution in [1.29, 1.82) is 0 Å². The van der Waals surface area contributed by atoms with Gasteiger partial charge in [-0.05, 0) is 44.0 Å². The molecule has 0 aliphatic carbocycles. The standard InChI is InChI=1S/C20H25ClN2O3S/c1-14-18(8-13-26-17-6-4-16(21)5-7-17)27-19(22-14)20(25)9-3-11-23(12-10-20)15(2)24/h4-7,25H,3,8-13H2,1-2H3. The molecule has 1 saturated heterocycles. The molecule has 0 radical (unpaired) electrons. The van der Waals surface area contributed by atoms with Crippen molar-refractivity contribution in [2.45, 2.75) is 45.1 Å². The lowest BCUT2D eigenvalue weighted by Crippen LogP contribution is -2.32. The maximum atomic E-state index is 11.6. The lowest BCUT2D eigenvalue weighted by molar-refractivity contribution is -0.128. The summed E-state index contributed by atoms with van der Waals surface area (Å²) < 4.78 is 5.77. The smallest absolute Gasteiger partial charge is 0.219 e. The van der Waals surface area contributed by atoms with Crippen LogP contribution in [0.4, 0.5) is 0 Å². The third-order valence-electron chi connectivity index (χ3n) is 4.96. The number of thiazole rings is 1. The largest absolute Gasteiger partial charge is 0.493 e. The first-order valence-electron chi connectivity index (χ1n) is 9.20. The minimum Gasteiger partial charge on any atom is -0.493 e. The first-order chi connectivity index (χ1) is 12.9. The summed E-state index contributed by atoms with van der Waals surface area (Å²) in [6.07, 6.45) is 2.68. The van der Waals surface area contributed by atoms with Gasteiger partial charge in [0.05, 0.1) is 12.3 Å². The van der Waals surface area contributed by atoms with Gasteiger partial charge in [0, 0.05) is 42.8 Å². The molecule has 1 aliphatic rings. The highest BCUT2D eigenvalue weighted by Gasteiger charge is 2.35. The van der Waals surface area contributed by atoms with E-state index < -0.39 is 5.60 Å². The summed E-state index contributed by atoms with van der Waals surface area (Å²) in [6, 6.07) is 7.31. The van der Waals surface area contributed by atoms with Gasteiger partial charge in [0.1, 0.15) is 16.4 Å². The van der Waals surface area contributed by atoms with Crippen molar-refractivity contribution in [3.05, 3.63) is 44.9 Å². The van der Waals surface area contributed by atoms with Crippen molar-refractivity contribution in [2.24, 2.45) is 0 Å². The Morgan fingerprint density at radius 3 is 2.78 bits per heavy atom. The average Bonchev–Trinajstić information content (AvgIpc) is 2.88. The maximum absolute atomic E-state index is 11.6. The summed E-state index contributed by atoms with van der Waals surface area (Å²) in [7, 11) is 0. The summed E-state index contributed by atoms with van der Waals surface area (Å²) in [4.78, 5) is 19.2. The number of aromatic nitrogens is 1. The van der Waals surface area contributed by atoms with E-state index in [2.05, 4.69) is 4.98 Å². The number of amides is 1. The van der Waals surface area contributed by atoms with Gasteiger partial charge < -0.3 is 14.7 Å². The minimum absolute atomic E-state index is 0.0645. The molecule has 1 aliphatic heterocycles. The number of aliphatic hydroxyl groups is 1. The summed E-state index contributed by atoms with van der Waals surface area (Å²) >= 11 is 7.44. The number of nitrogens with zero attached hydrogens (tertiary/aromatic N) is 2. The fraction of sp³-hybridized carbons (Fsp3) is 0.500. The molecule has 0 bridgehead atoms. The molecular formula is C20H25ClN2O3S. The number of likely N-dealkylation sites (tertiary alicyclic amines) is 1. The van der Waals surface area contributed by atoms with Gasteiger partial charge in [-0.3, -0.25) is 4.79 Å². The highest BCUT2D eigenvalue weighted by molar-refractivity contribution is 7.11. The number of halogens is 1. The molecule has 1 N–H and O–H groups in total. The van der Waals surface area contributed by atoms with E-state index in [9.17, 15) is 9.90 Å². The quantitative estimate of drug-likeness (QED) is 0.813. The van der Waals surface area contributed by atoms with Gasteiger partial charge in [-0.1, -0.05) is 11.6 Å². The molecule has 1 unspecified atom stereocenters. The third-order valence-corrected chi connectivity index (χ3v) is 6.62. The molecule has 2 heterocycles. The molecule has 0 spiro atoms. The Morgan fingerprint density at radius 2 is 2.07 bits per heavy atom. The normalized spacial score (nSPS) is 20.4. The van der Waals surface area contributed by atoms with E-state index in [1.807, 2.05) is 19.1 Å². The SMILES string of the molecule is CC(=O)N1CCCC(O)(c2nc(C)c(CCOc3ccc(Cl)cc3)s2)CC1. The van der Waals surface area contributed by atoms with Crippen LogP contribution >= 0.6 is 22.9 Å². The minimum atomic E-state index is -0.949. The van der Waals surface area contributed by atoms with Gasteiger partial charge in [0.25, 0.3) is 0 Å². The van der Waals surface area contributed by atoms with Crippen LogP contribution in [-0.2, 0) is 16.8 Å². The van der Waals surface area contributed by atoms with Crippen LogP contribution in [0.2, 0.25) is 5.02 Å². The molecule has 0 saturated carbocycles. The summed E-state index contributed by atoms with van der Waals surface area (Å²) in [5, 5.41) is 12.6. The van der Waals surface area contributed by atoms with E-state index in [0.717, 1.165) is 34.2 Å². The van der Waals surface area contributed by atoms with E-state index in [-0.39, 0.29) is 5.91 Å². The Bertz CT molecular complexity index is 793. The second kappa shape index (κ2) is 8.59. The van der Waals surface area contributed by atoms with Crippen molar-refractivity contribution in [2.75, 3.05) is 19.7 Å². The highest BCUT2D eigenvalue weighted by atomic mass is 35.5. The molecule has 1 fully saturated rings. The van der Waals surface area contributed by atoms with Gasteiger partial charge in [-0.2, -0.15) is 0 Å². The Morgan fingerprint density at radius 1 is 1.33 bits per heavy atom. The fourth-order valence-corrected chi connectivity index (χ4v) is 4.61. The predicted octanol–water partition coefficient (Wildman–Crippen LogP) is 3.95. The van der Waals surface area contributed by atoms with E-state index in [4.69, 9.17) is 16.3 Å². The lowest BCUT2D eigenvalue weighted by atomic mass is 9.96. The van der Waals surface area contributed by atoms with Crippen molar-refractivity contribution < 1.29 is 14.6 Å². The molecule has 1 amide bonds. The van der Waals surface area contributed by atoms with Crippen LogP contribution in [0.25, 0.3) is 0 Å². The molecule has 1 atom stereocenters. The zero-order valence-electron chi connectivity index (χ0n) is 15.7. The molecule has 7 heteroatoms. The van der Waals surface area contributed by atoms with Gasteiger partial charge in [-0.25, -0.2) is 4.98 Å². The van der Waals surface area contributed by atoms with Crippen LogP contribution in [0.1, 0.15) is 41.8 Å². The Hall–Kier alpha value is -1.63. The highest BCUT2D eigenvalue weighted by Crippen LogP contribution is 2.36. The van der Waals surface area contributed by atoms with Gasteiger partial charge in [0.2, 0.25) is 5.91 Å². The molecule has 1 aromatic heterocycles. The van der Waals surface area contributed by atoms with E-state index >= 15 is 0 Å². The Kier molecular flexibility index (Phi) is 6.40. The summed E-state index contributed by atoms with van der Waals surface area (Å²) in [5.74, 6) is 0.850. The first kappa shape index (κ1) is 20.1. The fourth-order valence-electron chi connectivity index (χ4n) is 3.30.